The number of rotatable bonds is 7. The molecule has 3 rings (SSSR count). The van der Waals surface area contributed by atoms with E-state index in [9.17, 15) is 29.3 Å². The van der Waals surface area contributed by atoms with Crippen molar-refractivity contribution >= 4 is 46.4 Å². The Morgan fingerprint density at radius 1 is 1.12 bits per heavy atom. The molecule has 3 amide bonds. The van der Waals surface area contributed by atoms with Crippen molar-refractivity contribution in [1.82, 2.24) is 0 Å². The lowest BCUT2D eigenvalue weighted by atomic mass is 10.1. The Bertz CT molecular complexity index is 1070. The fourth-order valence-electron chi connectivity index (χ4n) is 3.18. The summed E-state index contributed by atoms with van der Waals surface area (Å²) in [5.74, 6) is -2.64. The van der Waals surface area contributed by atoms with Crippen molar-refractivity contribution in [1.29, 1.82) is 0 Å². The molecule has 2 aromatic carbocycles. The zero-order valence-electron chi connectivity index (χ0n) is 17.1. The quantitative estimate of drug-likeness (QED) is 0.380. The summed E-state index contributed by atoms with van der Waals surface area (Å²) < 4.78 is 5.04. The smallest absolute Gasteiger partial charge is 0.311 e. The van der Waals surface area contributed by atoms with Gasteiger partial charge in [0.1, 0.15) is 0 Å². The lowest BCUT2D eigenvalue weighted by molar-refractivity contribution is -0.384. The first-order chi connectivity index (χ1) is 15.2. The maximum Gasteiger partial charge on any atom is 0.311 e. The van der Waals surface area contributed by atoms with Gasteiger partial charge in [-0.3, -0.25) is 29.3 Å². The number of nitro groups is 1. The van der Waals surface area contributed by atoms with Crippen molar-refractivity contribution < 1.29 is 28.8 Å². The topological polar surface area (TPSA) is 148 Å². The van der Waals surface area contributed by atoms with Gasteiger partial charge in [-0.2, -0.15) is 0 Å². The third-order valence-corrected chi connectivity index (χ3v) is 4.65. The third-order valence-electron chi connectivity index (χ3n) is 4.65. The number of nitrogens with zero attached hydrogens (tertiary/aromatic N) is 2. The molecule has 0 unspecified atom stereocenters. The Kier molecular flexibility index (Phi) is 6.78. The molecule has 2 N–H and O–H groups in total. The number of hydrogen-bond donors (Lipinski definition) is 2. The van der Waals surface area contributed by atoms with Crippen LogP contribution in [0.3, 0.4) is 0 Å². The molecule has 0 radical (unpaired) electrons. The molecule has 166 valence electrons. The summed E-state index contributed by atoms with van der Waals surface area (Å²) in [4.78, 5) is 59.3. The van der Waals surface area contributed by atoms with E-state index >= 15 is 0 Å². The molecule has 0 aromatic heterocycles. The molecule has 1 fully saturated rings. The summed E-state index contributed by atoms with van der Waals surface area (Å²) >= 11 is 0. The van der Waals surface area contributed by atoms with Crippen LogP contribution in [0.15, 0.2) is 48.5 Å². The molecule has 1 aliphatic heterocycles. The SMILES string of the molecule is CC(=O)Nc1ccc(NC(=O)COC(=O)[C@@H]2CC(=O)N(c3cccc([N+](=O)[O-])c3)C2)cc1. The molecule has 1 heterocycles. The van der Waals surface area contributed by atoms with E-state index in [4.69, 9.17) is 4.74 Å². The fraction of sp³-hybridized carbons (Fsp3) is 0.238. The second-order valence-corrected chi connectivity index (χ2v) is 7.10. The lowest BCUT2D eigenvalue weighted by Crippen LogP contribution is -2.28. The van der Waals surface area contributed by atoms with E-state index in [1.807, 2.05) is 0 Å². The minimum absolute atomic E-state index is 0.00502. The van der Waals surface area contributed by atoms with E-state index in [0.29, 0.717) is 17.1 Å². The summed E-state index contributed by atoms with van der Waals surface area (Å²) in [7, 11) is 0. The number of nitro benzene ring substituents is 1. The number of benzene rings is 2. The molecular formula is C21H20N4O7. The van der Waals surface area contributed by atoms with E-state index in [-0.39, 0.29) is 30.5 Å². The number of carbonyl (C=O) groups is 4. The minimum atomic E-state index is -0.786. The zero-order valence-corrected chi connectivity index (χ0v) is 17.1. The maximum atomic E-state index is 12.3. The first-order valence-corrected chi connectivity index (χ1v) is 9.62. The van der Waals surface area contributed by atoms with Gasteiger partial charge < -0.3 is 20.3 Å². The Morgan fingerprint density at radius 2 is 1.78 bits per heavy atom. The van der Waals surface area contributed by atoms with Gasteiger partial charge in [0.25, 0.3) is 11.6 Å². The highest BCUT2D eigenvalue weighted by Gasteiger charge is 2.36. The van der Waals surface area contributed by atoms with Crippen molar-refractivity contribution in [2.75, 3.05) is 28.7 Å². The summed E-state index contributed by atoms with van der Waals surface area (Å²) in [6.07, 6.45) is -0.117. The first kappa shape index (κ1) is 22.4. The van der Waals surface area contributed by atoms with Crippen molar-refractivity contribution in [3.8, 4) is 0 Å². The van der Waals surface area contributed by atoms with Crippen molar-refractivity contribution in [3.63, 3.8) is 0 Å². The van der Waals surface area contributed by atoms with Gasteiger partial charge in [0.2, 0.25) is 11.8 Å². The number of esters is 1. The second-order valence-electron chi connectivity index (χ2n) is 7.10. The van der Waals surface area contributed by atoms with Crippen LogP contribution in [0.2, 0.25) is 0 Å². The lowest BCUT2D eigenvalue weighted by Gasteiger charge is -2.16. The molecule has 11 nitrogen and oxygen atoms in total. The fourth-order valence-corrected chi connectivity index (χ4v) is 3.18. The molecule has 1 saturated heterocycles. The highest BCUT2D eigenvalue weighted by Crippen LogP contribution is 2.28. The Labute approximate surface area is 182 Å². The number of hydrogen-bond acceptors (Lipinski definition) is 7. The van der Waals surface area contributed by atoms with Gasteiger partial charge in [-0.05, 0) is 30.3 Å². The van der Waals surface area contributed by atoms with E-state index in [2.05, 4.69) is 10.6 Å². The number of amides is 3. The van der Waals surface area contributed by atoms with Crippen LogP contribution < -0.4 is 15.5 Å². The number of non-ortho nitro benzene ring substituents is 1. The summed E-state index contributed by atoms with van der Waals surface area (Å²) in [6, 6.07) is 11.9. The van der Waals surface area contributed by atoms with Crippen LogP contribution >= 0.6 is 0 Å². The van der Waals surface area contributed by atoms with E-state index in [1.54, 1.807) is 30.3 Å². The molecule has 0 spiro atoms. The molecule has 0 aliphatic carbocycles. The molecule has 11 heteroatoms. The number of ether oxygens (including phenoxy) is 1. The normalized spacial score (nSPS) is 15.2. The minimum Gasteiger partial charge on any atom is -0.455 e. The van der Waals surface area contributed by atoms with Gasteiger partial charge in [-0.25, -0.2) is 0 Å². The van der Waals surface area contributed by atoms with Gasteiger partial charge in [0, 0.05) is 43.4 Å². The Hall–Kier alpha value is -4.28. The van der Waals surface area contributed by atoms with E-state index in [1.165, 1.54) is 30.0 Å². The largest absolute Gasteiger partial charge is 0.455 e. The average molecular weight is 440 g/mol. The highest BCUT2D eigenvalue weighted by atomic mass is 16.6. The van der Waals surface area contributed by atoms with Crippen LogP contribution in [0, 0.1) is 16.0 Å². The zero-order chi connectivity index (χ0) is 23.3. The first-order valence-electron chi connectivity index (χ1n) is 9.62. The van der Waals surface area contributed by atoms with Crippen LogP contribution in [0.4, 0.5) is 22.7 Å². The monoisotopic (exact) mass is 440 g/mol. The predicted molar refractivity (Wildman–Crippen MR) is 114 cm³/mol. The average Bonchev–Trinajstić information content (AvgIpc) is 3.15. The molecular weight excluding hydrogens is 420 g/mol. The van der Waals surface area contributed by atoms with Crippen molar-refractivity contribution in [2.24, 2.45) is 5.92 Å². The maximum absolute atomic E-state index is 12.3. The second kappa shape index (κ2) is 9.69. The molecule has 0 bridgehead atoms. The number of anilines is 3. The molecule has 2 aromatic rings. The Morgan fingerprint density at radius 3 is 2.41 bits per heavy atom. The number of carbonyl (C=O) groups excluding carboxylic acids is 4. The number of nitrogens with one attached hydrogen (secondary N) is 2. The van der Waals surface area contributed by atoms with Gasteiger partial charge >= 0.3 is 5.97 Å². The summed E-state index contributed by atoms with van der Waals surface area (Å²) in [6.45, 7) is 0.851. The van der Waals surface area contributed by atoms with Gasteiger partial charge in [0.05, 0.1) is 16.5 Å². The standard InChI is InChI=1S/C21H20N4O7/c1-13(26)22-15-5-7-16(8-6-15)23-19(27)12-32-21(29)14-9-20(28)24(11-14)17-3-2-4-18(10-17)25(30)31/h2-8,10,14H,9,11-12H2,1H3,(H,22,26)(H,23,27)/t14-/m1/s1. The van der Waals surface area contributed by atoms with Crippen LogP contribution in [0.5, 0.6) is 0 Å². The molecule has 1 aliphatic rings. The van der Waals surface area contributed by atoms with Crippen LogP contribution in [-0.2, 0) is 23.9 Å². The van der Waals surface area contributed by atoms with Crippen molar-refractivity contribution in [3.05, 3.63) is 58.6 Å². The molecule has 1 atom stereocenters. The van der Waals surface area contributed by atoms with E-state index in [0.717, 1.165) is 0 Å². The predicted octanol–water partition coefficient (Wildman–Crippen LogP) is 2.09. The van der Waals surface area contributed by atoms with Crippen LogP contribution in [0.25, 0.3) is 0 Å². The Balaban J connectivity index is 1.51. The van der Waals surface area contributed by atoms with Crippen LogP contribution in [-0.4, -0.2) is 41.8 Å². The van der Waals surface area contributed by atoms with Gasteiger partial charge in [-0.1, -0.05) is 6.07 Å². The third kappa shape index (κ3) is 5.65. The van der Waals surface area contributed by atoms with Gasteiger partial charge in [-0.15, -0.1) is 0 Å². The highest BCUT2D eigenvalue weighted by molar-refractivity contribution is 6.00. The summed E-state index contributed by atoms with van der Waals surface area (Å²) in [5.41, 5.74) is 1.18. The summed E-state index contributed by atoms with van der Waals surface area (Å²) in [5, 5.41) is 16.1. The van der Waals surface area contributed by atoms with E-state index < -0.39 is 29.3 Å². The molecule has 32 heavy (non-hydrogen) atoms. The molecule has 0 saturated carbocycles. The van der Waals surface area contributed by atoms with Crippen LogP contribution in [0.1, 0.15) is 13.3 Å². The van der Waals surface area contributed by atoms with Crippen molar-refractivity contribution in [2.45, 2.75) is 13.3 Å². The van der Waals surface area contributed by atoms with Gasteiger partial charge in [0.15, 0.2) is 6.61 Å².